The minimum absolute atomic E-state index is 0.0161. The van der Waals surface area contributed by atoms with Crippen LogP contribution in [0.4, 0.5) is 5.95 Å². The number of nitrogens with two attached hydrogens (primary N) is 1. The van der Waals surface area contributed by atoms with Crippen LogP contribution in [0.2, 0.25) is 0 Å². The Balaban J connectivity index is 2.13. The number of anilines is 1. The van der Waals surface area contributed by atoms with E-state index in [1.54, 1.807) is 0 Å². The van der Waals surface area contributed by atoms with Crippen molar-refractivity contribution < 1.29 is 23.5 Å². The van der Waals surface area contributed by atoms with Crippen LogP contribution in [0.1, 0.15) is 6.23 Å². The molecule has 1 aliphatic heterocycles. The molecule has 21 heavy (non-hydrogen) atoms. The summed E-state index contributed by atoms with van der Waals surface area (Å²) in [6.07, 6.45) is -1.30. The summed E-state index contributed by atoms with van der Waals surface area (Å²) in [6.45, 7) is -0.218. The quantitative estimate of drug-likeness (QED) is 0.615. The fourth-order valence-electron chi connectivity index (χ4n) is 1.98. The summed E-state index contributed by atoms with van der Waals surface area (Å²) in [6, 6.07) is 0.0527. The highest BCUT2D eigenvalue weighted by Crippen LogP contribution is 2.47. The second-order valence-corrected chi connectivity index (χ2v) is 6.07. The molecule has 1 saturated heterocycles. The Hall–Kier alpha value is -1.94. The van der Waals surface area contributed by atoms with Crippen molar-refractivity contribution in [3.05, 3.63) is 10.4 Å². The molecule has 12 heteroatoms. The van der Waals surface area contributed by atoms with E-state index < -0.39 is 25.7 Å². The van der Waals surface area contributed by atoms with Gasteiger partial charge in [0.25, 0.3) is 5.56 Å². The second kappa shape index (κ2) is 4.81. The number of rotatable bonds is 2. The van der Waals surface area contributed by atoms with E-state index in [-0.39, 0.29) is 29.7 Å². The van der Waals surface area contributed by atoms with Crippen LogP contribution in [0.3, 0.4) is 0 Å². The van der Waals surface area contributed by atoms with E-state index >= 15 is 0 Å². The van der Waals surface area contributed by atoms with Crippen LogP contribution in [0.5, 0.6) is 6.01 Å². The Morgan fingerprint density at radius 3 is 2.95 bits per heavy atom. The van der Waals surface area contributed by atoms with Gasteiger partial charge in [0.05, 0.1) is 7.11 Å². The molecule has 2 unspecified atom stereocenters. The molecule has 2 aromatic rings. The Kier molecular flexibility index (Phi) is 3.21. The van der Waals surface area contributed by atoms with Gasteiger partial charge in [0, 0.05) is 0 Å². The lowest BCUT2D eigenvalue weighted by Crippen LogP contribution is -2.25. The van der Waals surface area contributed by atoms with E-state index in [0.29, 0.717) is 0 Å². The van der Waals surface area contributed by atoms with Gasteiger partial charge in [-0.25, -0.2) is 4.57 Å². The molecule has 1 fully saturated rings. The van der Waals surface area contributed by atoms with Gasteiger partial charge in [-0.05, 0) is 0 Å². The molecule has 2 aromatic heterocycles. The minimum Gasteiger partial charge on any atom is -0.468 e. The molecule has 1 aliphatic rings. The average molecular weight is 317 g/mol. The molecule has 0 aromatic carbocycles. The van der Waals surface area contributed by atoms with E-state index in [1.165, 1.54) is 11.7 Å². The molecule has 114 valence electrons. The first-order valence-corrected chi connectivity index (χ1v) is 7.57. The summed E-state index contributed by atoms with van der Waals surface area (Å²) in [5.41, 5.74) is 5.13. The minimum atomic E-state index is -3.74. The lowest BCUT2D eigenvalue weighted by molar-refractivity contribution is -0.0443. The summed E-state index contributed by atoms with van der Waals surface area (Å²) in [5.74, 6) is -0.0964. The van der Waals surface area contributed by atoms with Crippen molar-refractivity contribution in [3.63, 3.8) is 0 Å². The monoisotopic (exact) mass is 317 g/mol. The number of aromatic nitrogens is 4. The zero-order valence-electron chi connectivity index (χ0n) is 10.8. The highest BCUT2D eigenvalue weighted by molar-refractivity contribution is 7.52. The number of hydrogen-bond acceptors (Lipinski definition) is 8. The summed E-state index contributed by atoms with van der Waals surface area (Å²) in [5, 5.41) is 0. The molecule has 0 amide bonds. The smallest absolute Gasteiger partial charge is 0.353 e. The van der Waals surface area contributed by atoms with Crippen LogP contribution < -0.4 is 16.0 Å². The third-order valence-corrected chi connectivity index (χ3v) is 3.88. The number of aromatic amines is 1. The van der Waals surface area contributed by atoms with E-state index in [4.69, 9.17) is 19.7 Å². The van der Waals surface area contributed by atoms with Crippen LogP contribution >= 0.6 is 7.60 Å². The molecule has 0 spiro atoms. The lowest BCUT2D eigenvalue weighted by Gasteiger charge is -2.27. The summed E-state index contributed by atoms with van der Waals surface area (Å²) < 4.78 is 27.9. The second-order valence-electron chi connectivity index (χ2n) is 4.28. The van der Waals surface area contributed by atoms with Crippen molar-refractivity contribution in [2.24, 2.45) is 0 Å². The zero-order chi connectivity index (χ0) is 15.2. The van der Waals surface area contributed by atoms with Crippen molar-refractivity contribution in [1.29, 1.82) is 0 Å². The third kappa shape index (κ3) is 2.40. The van der Waals surface area contributed by atoms with Gasteiger partial charge < -0.3 is 24.6 Å². The maximum atomic E-state index is 11.8. The molecule has 0 aliphatic carbocycles. The molecule has 3 heterocycles. The molecule has 3 rings (SSSR count). The van der Waals surface area contributed by atoms with Crippen molar-refractivity contribution in [2.45, 2.75) is 6.23 Å². The van der Waals surface area contributed by atoms with Crippen LogP contribution in [-0.4, -0.2) is 44.5 Å². The van der Waals surface area contributed by atoms with Gasteiger partial charge in [-0.2, -0.15) is 9.97 Å². The zero-order valence-corrected chi connectivity index (χ0v) is 11.7. The van der Waals surface area contributed by atoms with Gasteiger partial charge in [-0.15, -0.1) is 0 Å². The predicted molar refractivity (Wildman–Crippen MR) is 69.9 cm³/mol. The number of methoxy groups -OCH3 is 1. The number of H-pyrrole nitrogens is 1. The summed E-state index contributed by atoms with van der Waals surface area (Å²) in [7, 11) is -2.38. The number of ether oxygens (including phenoxy) is 2. The molecule has 4 N–H and O–H groups in total. The highest BCUT2D eigenvalue weighted by Gasteiger charge is 2.33. The van der Waals surface area contributed by atoms with E-state index in [2.05, 4.69) is 15.0 Å². The summed E-state index contributed by atoms with van der Waals surface area (Å²) >= 11 is 0. The Morgan fingerprint density at radius 1 is 1.57 bits per heavy atom. The highest BCUT2D eigenvalue weighted by atomic mass is 31.2. The average Bonchev–Trinajstić information content (AvgIpc) is 2.78. The van der Waals surface area contributed by atoms with Crippen LogP contribution in [0.25, 0.3) is 11.2 Å². The van der Waals surface area contributed by atoms with Gasteiger partial charge in [0.2, 0.25) is 5.95 Å². The third-order valence-electron chi connectivity index (χ3n) is 2.86. The Labute approximate surface area is 117 Å². The fraction of sp³-hybridized carbons (Fsp3) is 0.444. The van der Waals surface area contributed by atoms with Crippen molar-refractivity contribution in [2.75, 3.05) is 25.8 Å². The van der Waals surface area contributed by atoms with Gasteiger partial charge in [-0.1, -0.05) is 0 Å². The van der Waals surface area contributed by atoms with E-state index in [0.717, 1.165) is 0 Å². The summed E-state index contributed by atoms with van der Waals surface area (Å²) in [4.78, 5) is 31.4. The van der Waals surface area contributed by atoms with Crippen molar-refractivity contribution >= 4 is 24.7 Å². The van der Waals surface area contributed by atoms with Crippen LogP contribution in [0.15, 0.2) is 4.79 Å². The first-order valence-electron chi connectivity index (χ1n) is 5.81. The molecular weight excluding hydrogens is 305 g/mol. The van der Waals surface area contributed by atoms with Crippen molar-refractivity contribution in [3.8, 4) is 6.01 Å². The first kappa shape index (κ1) is 14.0. The van der Waals surface area contributed by atoms with Crippen LogP contribution in [-0.2, 0) is 13.8 Å². The standard InChI is InChI=1S/C9H12N5O6P/c1-18-9-11-5-6(12-8(10)13-7(5)15)14(9)4-2-20-21(16,17)3-19-4/h4H,2-3H2,1H3,(H,16,17)(H3,10,12,13,15). The Bertz CT molecular complexity index is 788. The van der Waals surface area contributed by atoms with Crippen LogP contribution in [0, 0.1) is 0 Å². The maximum absolute atomic E-state index is 11.8. The molecule has 0 radical (unpaired) electrons. The predicted octanol–water partition coefficient (Wildman–Crippen LogP) is -0.601. The van der Waals surface area contributed by atoms with E-state index in [1.807, 2.05) is 0 Å². The molecule has 11 nitrogen and oxygen atoms in total. The Morgan fingerprint density at radius 2 is 2.33 bits per heavy atom. The number of nitrogens with one attached hydrogen (secondary N) is 1. The molecule has 0 bridgehead atoms. The van der Waals surface area contributed by atoms with Gasteiger partial charge in [0.1, 0.15) is 6.61 Å². The number of nitrogens with zero attached hydrogens (tertiary/aromatic N) is 3. The largest absolute Gasteiger partial charge is 0.468 e. The van der Waals surface area contributed by atoms with Gasteiger partial charge in [-0.3, -0.25) is 14.3 Å². The fourth-order valence-corrected chi connectivity index (χ4v) is 2.77. The molecule has 0 saturated carbocycles. The number of hydrogen-bond donors (Lipinski definition) is 3. The molecular formula is C9H12N5O6P. The number of fused-ring (bicyclic) bond motifs is 1. The van der Waals surface area contributed by atoms with E-state index in [9.17, 15) is 14.3 Å². The van der Waals surface area contributed by atoms with Crippen molar-refractivity contribution in [1.82, 2.24) is 19.5 Å². The van der Waals surface area contributed by atoms with Gasteiger partial charge >= 0.3 is 13.6 Å². The normalized spacial score (nSPS) is 26.1. The maximum Gasteiger partial charge on any atom is 0.353 e. The number of nitrogen functional groups attached to an aromatic ring is 1. The first-order chi connectivity index (χ1) is 9.91. The SMILES string of the molecule is COc1nc2c(=O)[nH]c(N)nc2n1C1COP(=O)(O)CO1. The van der Waals surface area contributed by atoms with Gasteiger partial charge in [0.15, 0.2) is 23.7 Å². The topological polar surface area (TPSA) is 155 Å². The molecule has 2 atom stereocenters. The lowest BCUT2D eigenvalue weighted by atomic mass is 10.5. The number of imidazole rings is 1.